The summed E-state index contributed by atoms with van der Waals surface area (Å²) in [7, 11) is 0. The number of hydrogen-bond donors (Lipinski definition) is 2. The number of para-hydroxylation sites is 2. The molecule has 0 aliphatic carbocycles. The number of ether oxygens (including phenoxy) is 3. The number of rotatable bonds is 23. The van der Waals surface area contributed by atoms with Crippen molar-refractivity contribution in [1.29, 1.82) is 0 Å². The van der Waals surface area contributed by atoms with Gasteiger partial charge in [0.1, 0.15) is 11.5 Å². The lowest BCUT2D eigenvalue weighted by atomic mass is 10.0. The smallest absolute Gasteiger partial charge is 0.130 e. The van der Waals surface area contributed by atoms with E-state index in [-0.39, 0.29) is 13.2 Å². The monoisotopic (exact) mass is 544 g/mol. The Labute approximate surface area is 238 Å². The van der Waals surface area contributed by atoms with E-state index >= 15 is 0 Å². The zero-order valence-electron chi connectivity index (χ0n) is 24.9. The normalized spacial score (nSPS) is 10.8. The van der Waals surface area contributed by atoms with Crippen molar-refractivity contribution in [2.45, 2.75) is 104 Å². The second-order valence-corrected chi connectivity index (χ2v) is 10.0. The average molecular weight is 545 g/mol. The highest BCUT2D eigenvalue weighted by molar-refractivity contribution is 5.41. The maximum absolute atomic E-state index is 8.26. The fourth-order valence-electron chi connectivity index (χ4n) is 4.38. The van der Waals surface area contributed by atoms with Gasteiger partial charge in [0.05, 0.1) is 39.6 Å². The van der Waals surface area contributed by atoms with Gasteiger partial charge in [-0.15, -0.1) is 0 Å². The Morgan fingerprint density at radius 2 is 0.872 bits per heavy atom. The first-order chi connectivity index (χ1) is 19.3. The highest BCUT2D eigenvalue weighted by atomic mass is 16.5. The molecule has 0 amide bonds. The minimum Gasteiger partial charge on any atom is -0.457 e. The van der Waals surface area contributed by atoms with E-state index in [0.29, 0.717) is 26.4 Å². The standard InChI is InChI=1S/C28H42O.C6H14O4/c1-3-5-7-9-11-13-19-25-21-15-17-23-27(25)29-28-24-18-16-22-26(28)20-14-12-10-8-6-4-2;7-1-3-9-5-6-10-4-2-8/h15-18,21-24H,3-14,19-20H2,1-2H3;7-8H,1-6H2. The molecule has 0 saturated carbocycles. The fourth-order valence-corrected chi connectivity index (χ4v) is 4.38. The number of aryl methyl sites for hydroxylation is 2. The van der Waals surface area contributed by atoms with E-state index in [1.807, 2.05) is 0 Å². The van der Waals surface area contributed by atoms with Gasteiger partial charge in [-0.3, -0.25) is 0 Å². The molecule has 0 radical (unpaired) electrons. The Kier molecular flexibility index (Phi) is 23.7. The number of hydrogen-bond acceptors (Lipinski definition) is 5. The molecule has 0 fully saturated rings. The van der Waals surface area contributed by atoms with Gasteiger partial charge in [-0.05, 0) is 48.9 Å². The molecule has 0 aliphatic rings. The molecule has 2 N–H and O–H groups in total. The SMILES string of the molecule is CCCCCCCCc1ccccc1Oc1ccccc1CCCCCCCC.OCCOCCOCCO. The highest BCUT2D eigenvalue weighted by Crippen LogP contribution is 2.30. The Hall–Kier alpha value is -1.92. The van der Waals surface area contributed by atoms with Crippen LogP contribution in [-0.2, 0) is 22.3 Å². The molecule has 0 saturated heterocycles. The van der Waals surface area contributed by atoms with Gasteiger partial charge in [-0.1, -0.05) is 114 Å². The summed E-state index contributed by atoms with van der Waals surface area (Å²) in [5.41, 5.74) is 2.69. The number of unbranched alkanes of at least 4 members (excludes halogenated alkanes) is 10. The van der Waals surface area contributed by atoms with Gasteiger partial charge in [-0.25, -0.2) is 0 Å². The lowest BCUT2D eigenvalue weighted by molar-refractivity contribution is 0.0222. The lowest BCUT2D eigenvalue weighted by Crippen LogP contribution is -2.09. The molecular formula is C34H56O5. The summed E-state index contributed by atoms with van der Waals surface area (Å²) in [4.78, 5) is 0. The van der Waals surface area contributed by atoms with Crippen LogP contribution >= 0.6 is 0 Å². The summed E-state index contributed by atoms with van der Waals surface area (Å²) in [5, 5.41) is 16.5. The maximum Gasteiger partial charge on any atom is 0.130 e. The van der Waals surface area contributed by atoms with Crippen LogP contribution in [0, 0.1) is 0 Å². The molecule has 39 heavy (non-hydrogen) atoms. The second-order valence-electron chi connectivity index (χ2n) is 10.0. The molecule has 5 heteroatoms. The van der Waals surface area contributed by atoms with E-state index in [1.165, 1.54) is 88.2 Å². The third-order valence-electron chi connectivity index (χ3n) is 6.61. The predicted octanol–water partition coefficient (Wildman–Crippen LogP) is 8.29. The van der Waals surface area contributed by atoms with Crippen LogP contribution < -0.4 is 4.74 Å². The first kappa shape index (κ1) is 35.1. The van der Waals surface area contributed by atoms with Gasteiger partial charge in [0, 0.05) is 0 Å². The van der Waals surface area contributed by atoms with E-state index in [4.69, 9.17) is 24.4 Å². The quantitative estimate of drug-likeness (QED) is 0.138. The predicted molar refractivity (Wildman–Crippen MR) is 163 cm³/mol. The molecule has 0 heterocycles. The third kappa shape index (κ3) is 18.9. The summed E-state index contributed by atoms with van der Waals surface area (Å²) in [5.74, 6) is 2.08. The van der Waals surface area contributed by atoms with E-state index in [1.54, 1.807) is 0 Å². The zero-order chi connectivity index (χ0) is 28.2. The van der Waals surface area contributed by atoms with Gasteiger partial charge in [0.25, 0.3) is 0 Å². The third-order valence-corrected chi connectivity index (χ3v) is 6.61. The molecule has 0 unspecified atom stereocenters. The van der Waals surface area contributed by atoms with E-state index < -0.39 is 0 Å². The summed E-state index contributed by atoms with van der Waals surface area (Å²) in [6.45, 7) is 6.28. The van der Waals surface area contributed by atoms with Crippen molar-refractivity contribution in [3.05, 3.63) is 59.7 Å². The molecular weight excluding hydrogens is 488 g/mol. The number of benzene rings is 2. The van der Waals surface area contributed by atoms with Crippen molar-refractivity contribution in [1.82, 2.24) is 0 Å². The zero-order valence-corrected chi connectivity index (χ0v) is 24.9. The molecule has 0 atom stereocenters. The van der Waals surface area contributed by atoms with Crippen LogP contribution in [0.15, 0.2) is 48.5 Å². The van der Waals surface area contributed by atoms with E-state index in [2.05, 4.69) is 62.4 Å². The van der Waals surface area contributed by atoms with Crippen molar-refractivity contribution >= 4 is 0 Å². The van der Waals surface area contributed by atoms with Crippen molar-refractivity contribution < 1.29 is 24.4 Å². The topological polar surface area (TPSA) is 68.2 Å². The Morgan fingerprint density at radius 3 is 1.28 bits per heavy atom. The van der Waals surface area contributed by atoms with Crippen molar-refractivity contribution in [3.8, 4) is 11.5 Å². The summed E-state index contributed by atoms with van der Waals surface area (Å²) in [6, 6.07) is 17.2. The van der Waals surface area contributed by atoms with Crippen molar-refractivity contribution in [3.63, 3.8) is 0 Å². The molecule has 0 spiro atoms. The maximum atomic E-state index is 8.26. The Bertz CT molecular complexity index is 729. The second kappa shape index (κ2) is 26.3. The molecule has 0 bridgehead atoms. The van der Waals surface area contributed by atoms with Crippen molar-refractivity contribution in [2.24, 2.45) is 0 Å². The number of aliphatic hydroxyl groups excluding tert-OH is 2. The Morgan fingerprint density at radius 1 is 0.487 bits per heavy atom. The van der Waals surface area contributed by atoms with Gasteiger partial charge >= 0.3 is 0 Å². The van der Waals surface area contributed by atoms with Crippen LogP contribution in [0.1, 0.15) is 102 Å². The summed E-state index contributed by atoms with van der Waals surface area (Å²) >= 11 is 0. The molecule has 0 aliphatic heterocycles. The average Bonchev–Trinajstić information content (AvgIpc) is 2.96. The molecule has 2 aromatic carbocycles. The molecule has 2 aromatic rings. The van der Waals surface area contributed by atoms with Crippen LogP contribution in [0.25, 0.3) is 0 Å². The summed E-state index contributed by atoms with van der Waals surface area (Å²) < 4.78 is 16.2. The van der Waals surface area contributed by atoms with Crippen LogP contribution in [-0.4, -0.2) is 49.9 Å². The summed E-state index contributed by atoms with van der Waals surface area (Å²) in [6.07, 6.45) is 18.2. The van der Waals surface area contributed by atoms with Gasteiger partial charge in [0.2, 0.25) is 0 Å². The van der Waals surface area contributed by atoms with Gasteiger partial charge in [-0.2, -0.15) is 0 Å². The van der Waals surface area contributed by atoms with Crippen LogP contribution in [0.5, 0.6) is 11.5 Å². The van der Waals surface area contributed by atoms with E-state index in [0.717, 1.165) is 24.3 Å². The van der Waals surface area contributed by atoms with Crippen molar-refractivity contribution in [2.75, 3.05) is 39.6 Å². The first-order valence-electron chi connectivity index (χ1n) is 15.5. The van der Waals surface area contributed by atoms with Crippen LogP contribution in [0.3, 0.4) is 0 Å². The minimum atomic E-state index is 0.0417. The molecule has 2 rings (SSSR count). The lowest BCUT2D eigenvalue weighted by Gasteiger charge is -2.14. The van der Waals surface area contributed by atoms with Gasteiger partial charge < -0.3 is 24.4 Å². The van der Waals surface area contributed by atoms with Crippen LogP contribution in [0.4, 0.5) is 0 Å². The van der Waals surface area contributed by atoms with E-state index in [9.17, 15) is 0 Å². The Balaban J connectivity index is 0.000000646. The van der Waals surface area contributed by atoms with Crippen LogP contribution in [0.2, 0.25) is 0 Å². The largest absolute Gasteiger partial charge is 0.457 e. The molecule has 0 aromatic heterocycles. The minimum absolute atomic E-state index is 0.0417. The number of aliphatic hydroxyl groups is 2. The fraction of sp³-hybridized carbons (Fsp3) is 0.647. The highest BCUT2D eigenvalue weighted by Gasteiger charge is 2.08. The first-order valence-corrected chi connectivity index (χ1v) is 15.5. The molecule has 222 valence electrons. The van der Waals surface area contributed by atoms with Gasteiger partial charge in [0.15, 0.2) is 0 Å². The molecule has 5 nitrogen and oxygen atoms in total.